The van der Waals surface area contributed by atoms with Gasteiger partial charge in [-0.25, -0.2) is 0 Å². The molecule has 0 radical (unpaired) electrons. The Kier molecular flexibility index (Phi) is 3.67. The molecular formula is C17H19N3O3. The number of aromatic nitrogens is 2. The van der Waals surface area contributed by atoms with Gasteiger partial charge in [0.2, 0.25) is 0 Å². The molecule has 23 heavy (non-hydrogen) atoms. The second-order valence-corrected chi connectivity index (χ2v) is 6.24. The zero-order chi connectivity index (χ0) is 16.6. The number of carbonyl (C=O) groups is 2. The molecule has 1 aromatic heterocycles. The number of carboxylic acid groups (broad SMARTS) is 1. The highest BCUT2D eigenvalue weighted by molar-refractivity contribution is 6.00. The van der Waals surface area contributed by atoms with E-state index in [1.54, 1.807) is 29.7 Å². The summed E-state index contributed by atoms with van der Waals surface area (Å²) in [6.07, 6.45) is 2.02. The van der Waals surface area contributed by atoms with Crippen LogP contribution in [-0.2, 0) is 11.8 Å². The highest BCUT2D eigenvalue weighted by atomic mass is 16.4. The molecule has 6 heteroatoms. The smallest absolute Gasteiger partial charge is 0.311 e. The predicted octanol–water partition coefficient (Wildman–Crippen LogP) is 2.02. The molecule has 0 bridgehead atoms. The first kappa shape index (κ1) is 15.3. The van der Waals surface area contributed by atoms with Crippen LogP contribution in [0.3, 0.4) is 0 Å². The minimum Gasteiger partial charge on any atom is -0.481 e. The fourth-order valence-corrected chi connectivity index (χ4v) is 3.01. The number of hydrogen-bond donors (Lipinski definition) is 1. The van der Waals surface area contributed by atoms with E-state index in [4.69, 9.17) is 0 Å². The van der Waals surface area contributed by atoms with Crippen molar-refractivity contribution in [2.24, 2.45) is 12.5 Å². The number of likely N-dealkylation sites (tertiary alicyclic amines) is 1. The Morgan fingerprint density at radius 3 is 2.57 bits per heavy atom. The summed E-state index contributed by atoms with van der Waals surface area (Å²) >= 11 is 0. The van der Waals surface area contributed by atoms with E-state index in [1.807, 2.05) is 30.3 Å². The summed E-state index contributed by atoms with van der Waals surface area (Å²) in [5.41, 5.74) is 1.30. The topological polar surface area (TPSA) is 75.4 Å². The average Bonchev–Trinajstić information content (AvgIpc) is 3.12. The maximum absolute atomic E-state index is 12.8. The number of aliphatic carboxylic acids is 1. The Balaban J connectivity index is 1.92. The molecule has 1 aromatic carbocycles. The first-order valence-electron chi connectivity index (χ1n) is 7.52. The summed E-state index contributed by atoms with van der Waals surface area (Å²) in [7, 11) is 1.80. The van der Waals surface area contributed by atoms with Crippen molar-refractivity contribution in [3.8, 4) is 11.3 Å². The van der Waals surface area contributed by atoms with Gasteiger partial charge in [0.05, 0.1) is 22.9 Å². The van der Waals surface area contributed by atoms with Crippen molar-refractivity contribution in [1.29, 1.82) is 0 Å². The van der Waals surface area contributed by atoms with Crippen LogP contribution in [0.25, 0.3) is 11.3 Å². The lowest BCUT2D eigenvalue weighted by atomic mass is 9.90. The van der Waals surface area contributed by atoms with Crippen molar-refractivity contribution in [3.63, 3.8) is 0 Å². The number of hydrogen-bond acceptors (Lipinski definition) is 3. The van der Waals surface area contributed by atoms with Crippen LogP contribution in [0.2, 0.25) is 0 Å². The summed E-state index contributed by atoms with van der Waals surface area (Å²) in [6.45, 7) is 2.36. The van der Waals surface area contributed by atoms with Crippen molar-refractivity contribution in [3.05, 3.63) is 42.1 Å². The third kappa shape index (κ3) is 2.60. The van der Waals surface area contributed by atoms with E-state index in [1.165, 1.54) is 0 Å². The van der Waals surface area contributed by atoms with Crippen molar-refractivity contribution < 1.29 is 14.7 Å². The number of nitrogens with zero attached hydrogens (tertiary/aromatic N) is 3. The molecule has 2 heterocycles. The van der Waals surface area contributed by atoms with Gasteiger partial charge in [-0.05, 0) is 13.3 Å². The molecule has 0 spiro atoms. The maximum Gasteiger partial charge on any atom is 0.311 e. The molecule has 6 nitrogen and oxygen atoms in total. The third-order valence-corrected chi connectivity index (χ3v) is 4.49. The van der Waals surface area contributed by atoms with Crippen LogP contribution < -0.4 is 0 Å². The second-order valence-electron chi connectivity index (χ2n) is 6.24. The summed E-state index contributed by atoms with van der Waals surface area (Å²) in [5.74, 6) is -1.02. The molecule has 1 fully saturated rings. The summed E-state index contributed by atoms with van der Waals surface area (Å²) in [6, 6.07) is 9.60. The number of benzene rings is 1. The Bertz CT molecular complexity index is 754. The van der Waals surface area contributed by atoms with E-state index in [-0.39, 0.29) is 12.5 Å². The normalized spacial score (nSPS) is 20.7. The first-order valence-corrected chi connectivity index (χ1v) is 7.52. The number of rotatable bonds is 3. The van der Waals surface area contributed by atoms with Gasteiger partial charge in [0, 0.05) is 25.7 Å². The molecular weight excluding hydrogens is 294 g/mol. The second kappa shape index (κ2) is 5.53. The van der Waals surface area contributed by atoms with Gasteiger partial charge in [0.25, 0.3) is 5.91 Å². The molecule has 1 aliphatic heterocycles. The number of carboxylic acids is 1. The van der Waals surface area contributed by atoms with E-state index in [0.717, 1.165) is 11.3 Å². The van der Waals surface area contributed by atoms with Crippen molar-refractivity contribution in [2.45, 2.75) is 13.3 Å². The standard InChI is InChI=1S/C17H19N3O3/c1-17(16(22)23)8-9-20(11-17)15(21)13-10-18-19(2)14(13)12-6-4-3-5-7-12/h3-7,10H,8-9,11H2,1-2H3,(H,22,23). The SMILES string of the molecule is Cn1ncc(C(=O)N2CCC(C)(C(=O)O)C2)c1-c1ccccc1. The van der Waals surface area contributed by atoms with Crippen LogP contribution in [-0.4, -0.2) is 44.8 Å². The molecule has 1 N–H and O–H groups in total. The predicted molar refractivity (Wildman–Crippen MR) is 84.9 cm³/mol. The van der Waals surface area contributed by atoms with Crippen molar-refractivity contribution >= 4 is 11.9 Å². The lowest BCUT2D eigenvalue weighted by molar-refractivity contribution is -0.147. The number of amides is 1. The minimum absolute atomic E-state index is 0.165. The molecule has 1 atom stereocenters. The summed E-state index contributed by atoms with van der Waals surface area (Å²) < 4.78 is 1.68. The van der Waals surface area contributed by atoms with Crippen molar-refractivity contribution in [1.82, 2.24) is 14.7 Å². The van der Waals surface area contributed by atoms with Crippen LogP contribution >= 0.6 is 0 Å². The Morgan fingerprint density at radius 2 is 1.96 bits per heavy atom. The molecule has 1 saturated heterocycles. The molecule has 0 saturated carbocycles. The lowest BCUT2D eigenvalue weighted by Crippen LogP contribution is -2.35. The summed E-state index contributed by atoms with van der Waals surface area (Å²) in [4.78, 5) is 25.8. The van der Waals surface area contributed by atoms with Gasteiger partial charge < -0.3 is 10.0 Å². The van der Waals surface area contributed by atoms with E-state index in [2.05, 4.69) is 5.10 Å². The number of carbonyl (C=O) groups excluding carboxylic acids is 1. The molecule has 1 unspecified atom stereocenters. The zero-order valence-electron chi connectivity index (χ0n) is 13.2. The molecule has 1 amide bonds. The van der Waals surface area contributed by atoms with E-state index >= 15 is 0 Å². The third-order valence-electron chi connectivity index (χ3n) is 4.49. The van der Waals surface area contributed by atoms with E-state index < -0.39 is 11.4 Å². The summed E-state index contributed by atoms with van der Waals surface area (Å²) in [5, 5.41) is 13.5. The van der Waals surface area contributed by atoms with Crippen LogP contribution in [0.5, 0.6) is 0 Å². The highest BCUT2D eigenvalue weighted by Gasteiger charge is 2.42. The van der Waals surface area contributed by atoms with Gasteiger partial charge in [0.15, 0.2) is 0 Å². The fourth-order valence-electron chi connectivity index (χ4n) is 3.01. The molecule has 0 aliphatic carbocycles. The average molecular weight is 313 g/mol. The maximum atomic E-state index is 12.8. The molecule has 1 aliphatic rings. The monoisotopic (exact) mass is 313 g/mol. The molecule has 120 valence electrons. The largest absolute Gasteiger partial charge is 0.481 e. The van der Waals surface area contributed by atoms with Gasteiger partial charge in [-0.15, -0.1) is 0 Å². The van der Waals surface area contributed by atoms with Crippen LogP contribution in [0.1, 0.15) is 23.7 Å². The zero-order valence-corrected chi connectivity index (χ0v) is 13.2. The minimum atomic E-state index is -0.870. The Morgan fingerprint density at radius 1 is 1.26 bits per heavy atom. The van der Waals surface area contributed by atoms with Crippen LogP contribution in [0, 0.1) is 5.41 Å². The van der Waals surface area contributed by atoms with Crippen molar-refractivity contribution in [2.75, 3.05) is 13.1 Å². The van der Waals surface area contributed by atoms with Crippen LogP contribution in [0.4, 0.5) is 0 Å². The quantitative estimate of drug-likeness (QED) is 0.940. The van der Waals surface area contributed by atoms with Gasteiger partial charge in [-0.1, -0.05) is 30.3 Å². The van der Waals surface area contributed by atoms with Gasteiger partial charge in [-0.3, -0.25) is 14.3 Å². The van der Waals surface area contributed by atoms with E-state index in [0.29, 0.717) is 18.5 Å². The van der Waals surface area contributed by atoms with Gasteiger partial charge in [0.1, 0.15) is 0 Å². The molecule has 2 aromatic rings. The van der Waals surface area contributed by atoms with Gasteiger partial charge in [-0.2, -0.15) is 5.10 Å². The van der Waals surface area contributed by atoms with E-state index in [9.17, 15) is 14.7 Å². The highest BCUT2D eigenvalue weighted by Crippen LogP contribution is 2.32. The fraction of sp³-hybridized carbons (Fsp3) is 0.353. The first-order chi connectivity index (χ1) is 10.9. The molecule has 3 rings (SSSR count). The lowest BCUT2D eigenvalue weighted by Gasteiger charge is -2.20. The Hall–Kier alpha value is -2.63. The van der Waals surface area contributed by atoms with Crippen LogP contribution in [0.15, 0.2) is 36.5 Å². The Labute approximate surface area is 134 Å². The number of aryl methyl sites for hydroxylation is 1. The van der Waals surface area contributed by atoms with Gasteiger partial charge >= 0.3 is 5.97 Å².